The van der Waals surface area contributed by atoms with E-state index in [2.05, 4.69) is 4.90 Å². The molecule has 1 N–H and O–H groups in total. The van der Waals surface area contributed by atoms with Gasteiger partial charge in [0.15, 0.2) is 0 Å². The number of carboxylic acids is 1. The number of fused-ring (bicyclic) bond motifs is 1. The Balaban J connectivity index is 1.54. The van der Waals surface area contributed by atoms with E-state index < -0.39 is 5.97 Å². The van der Waals surface area contributed by atoms with Crippen molar-refractivity contribution in [2.75, 3.05) is 19.7 Å². The lowest BCUT2D eigenvalue weighted by molar-refractivity contribution is -0.143. The SMILES string of the molecule is O=C(O)C1C2CCCC2CN1CCOc1ccc(Cl)cc1. The van der Waals surface area contributed by atoms with Gasteiger partial charge in [-0.1, -0.05) is 18.0 Å². The number of benzene rings is 1. The fourth-order valence-electron chi connectivity index (χ4n) is 3.77. The van der Waals surface area contributed by atoms with Crippen LogP contribution in [0.1, 0.15) is 19.3 Å². The first kappa shape index (κ1) is 14.7. The molecule has 3 unspecified atom stereocenters. The summed E-state index contributed by atoms with van der Waals surface area (Å²) >= 11 is 5.83. The van der Waals surface area contributed by atoms with Crippen molar-refractivity contribution in [3.63, 3.8) is 0 Å². The smallest absolute Gasteiger partial charge is 0.321 e. The second-order valence-corrected chi connectivity index (χ2v) is 6.37. The summed E-state index contributed by atoms with van der Waals surface area (Å²) in [4.78, 5) is 13.6. The molecule has 0 spiro atoms. The Bertz CT molecular complexity index is 505. The van der Waals surface area contributed by atoms with Crippen LogP contribution in [0.3, 0.4) is 0 Å². The number of aliphatic carboxylic acids is 1. The molecule has 0 amide bonds. The Hall–Kier alpha value is -1.26. The van der Waals surface area contributed by atoms with Gasteiger partial charge in [-0.2, -0.15) is 0 Å². The Morgan fingerprint density at radius 1 is 1.33 bits per heavy atom. The van der Waals surface area contributed by atoms with Gasteiger partial charge >= 0.3 is 5.97 Å². The molecule has 0 radical (unpaired) electrons. The number of carbonyl (C=O) groups is 1. The maximum Gasteiger partial charge on any atom is 0.321 e. The van der Waals surface area contributed by atoms with Crippen LogP contribution in [0, 0.1) is 11.8 Å². The van der Waals surface area contributed by atoms with Crippen molar-refractivity contribution in [2.24, 2.45) is 11.8 Å². The van der Waals surface area contributed by atoms with Gasteiger partial charge in [-0.15, -0.1) is 0 Å². The van der Waals surface area contributed by atoms with E-state index in [4.69, 9.17) is 16.3 Å². The fraction of sp³-hybridized carbons (Fsp3) is 0.562. The zero-order valence-corrected chi connectivity index (χ0v) is 12.6. The number of nitrogens with zero attached hydrogens (tertiary/aromatic N) is 1. The normalized spacial score (nSPS) is 28.5. The molecule has 114 valence electrons. The molecular weight excluding hydrogens is 290 g/mol. The van der Waals surface area contributed by atoms with Crippen LogP contribution in [-0.2, 0) is 4.79 Å². The largest absolute Gasteiger partial charge is 0.492 e. The highest BCUT2D eigenvalue weighted by Crippen LogP contribution is 2.42. The summed E-state index contributed by atoms with van der Waals surface area (Å²) in [5.41, 5.74) is 0. The lowest BCUT2D eigenvalue weighted by Gasteiger charge is -2.24. The van der Waals surface area contributed by atoms with Crippen molar-refractivity contribution in [1.82, 2.24) is 4.90 Å². The lowest BCUT2D eigenvalue weighted by atomic mass is 9.94. The van der Waals surface area contributed by atoms with Crippen LogP contribution in [0.15, 0.2) is 24.3 Å². The van der Waals surface area contributed by atoms with E-state index in [1.807, 2.05) is 12.1 Å². The van der Waals surface area contributed by atoms with Crippen molar-refractivity contribution < 1.29 is 14.6 Å². The molecule has 1 aromatic carbocycles. The molecule has 0 aromatic heterocycles. The van der Waals surface area contributed by atoms with Crippen LogP contribution in [0.2, 0.25) is 5.02 Å². The quantitative estimate of drug-likeness (QED) is 0.908. The standard InChI is InChI=1S/C16H20ClNO3/c17-12-4-6-13(7-5-12)21-9-8-18-10-11-2-1-3-14(11)15(18)16(19)20/h4-7,11,14-15H,1-3,8-10H2,(H,19,20). The minimum Gasteiger partial charge on any atom is -0.492 e. The average Bonchev–Trinajstić information content (AvgIpc) is 3.00. The van der Waals surface area contributed by atoms with E-state index >= 15 is 0 Å². The van der Waals surface area contributed by atoms with Gasteiger partial charge in [0.25, 0.3) is 0 Å². The third kappa shape index (κ3) is 3.16. The maximum absolute atomic E-state index is 11.5. The molecule has 0 bridgehead atoms. The molecule has 5 heteroatoms. The topological polar surface area (TPSA) is 49.8 Å². The summed E-state index contributed by atoms with van der Waals surface area (Å²) in [7, 11) is 0. The van der Waals surface area contributed by atoms with E-state index in [0.717, 1.165) is 18.7 Å². The van der Waals surface area contributed by atoms with E-state index in [1.165, 1.54) is 12.8 Å². The zero-order valence-electron chi connectivity index (χ0n) is 11.9. The Labute approximate surface area is 129 Å². The molecule has 1 saturated heterocycles. The van der Waals surface area contributed by atoms with E-state index in [0.29, 0.717) is 30.0 Å². The highest BCUT2D eigenvalue weighted by atomic mass is 35.5. The van der Waals surface area contributed by atoms with Crippen molar-refractivity contribution in [3.05, 3.63) is 29.3 Å². The maximum atomic E-state index is 11.5. The zero-order chi connectivity index (χ0) is 14.8. The molecule has 2 fully saturated rings. The summed E-state index contributed by atoms with van der Waals surface area (Å²) in [6.07, 6.45) is 3.40. The number of hydrogen-bond donors (Lipinski definition) is 1. The van der Waals surface area contributed by atoms with Crippen molar-refractivity contribution in [3.8, 4) is 5.75 Å². The van der Waals surface area contributed by atoms with Gasteiger partial charge in [0.1, 0.15) is 18.4 Å². The molecule has 3 rings (SSSR count). The molecule has 1 aliphatic carbocycles. The van der Waals surface area contributed by atoms with Crippen LogP contribution in [0.25, 0.3) is 0 Å². The number of halogens is 1. The summed E-state index contributed by atoms with van der Waals surface area (Å²) < 4.78 is 5.68. The van der Waals surface area contributed by atoms with Crippen LogP contribution in [-0.4, -0.2) is 41.7 Å². The van der Waals surface area contributed by atoms with Crippen LogP contribution in [0.5, 0.6) is 5.75 Å². The molecular formula is C16H20ClNO3. The number of ether oxygens (including phenoxy) is 1. The third-order valence-corrected chi connectivity index (χ3v) is 4.95. The molecule has 4 nitrogen and oxygen atoms in total. The molecule has 1 heterocycles. The number of likely N-dealkylation sites (tertiary alicyclic amines) is 1. The highest BCUT2D eigenvalue weighted by molar-refractivity contribution is 6.30. The first-order valence-electron chi connectivity index (χ1n) is 7.50. The fourth-order valence-corrected chi connectivity index (χ4v) is 3.90. The minimum atomic E-state index is -0.684. The van der Waals surface area contributed by atoms with Crippen LogP contribution >= 0.6 is 11.6 Å². The molecule has 1 aromatic rings. The number of carboxylic acid groups (broad SMARTS) is 1. The summed E-state index contributed by atoms with van der Waals surface area (Å²) in [6.45, 7) is 2.06. The molecule has 2 aliphatic rings. The van der Waals surface area contributed by atoms with Gasteiger partial charge in [0.2, 0.25) is 0 Å². The number of hydrogen-bond acceptors (Lipinski definition) is 3. The van der Waals surface area contributed by atoms with E-state index in [-0.39, 0.29) is 6.04 Å². The van der Waals surface area contributed by atoms with Gasteiger partial charge in [-0.05, 0) is 48.9 Å². The van der Waals surface area contributed by atoms with Gasteiger partial charge in [0.05, 0.1) is 0 Å². The van der Waals surface area contributed by atoms with Gasteiger partial charge in [0, 0.05) is 18.1 Å². The summed E-state index contributed by atoms with van der Waals surface area (Å²) in [5.74, 6) is 0.973. The van der Waals surface area contributed by atoms with E-state index in [1.54, 1.807) is 12.1 Å². The minimum absolute atomic E-state index is 0.327. The first-order valence-corrected chi connectivity index (χ1v) is 7.88. The third-order valence-electron chi connectivity index (χ3n) is 4.70. The average molecular weight is 310 g/mol. The lowest BCUT2D eigenvalue weighted by Crippen LogP contribution is -2.41. The monoisotopic (exact) mass is 309 g/mol. The van der Waals surface area contributed by atoms with Crippen LogP contribution < -0.4 is 4.74 Å². The summed E-state index contributed by atoms with van der Waals surface area (Å²) in [6, 6.07) is 6.91. The molecule has 1 saturated carbocycles. The molecule has 3 atom stereocenters. The number of rotatable bonds is 5. The van der Waals surface area contributed by atoms with Crippen molar-refractivity contribution >= 4 is 17.6 Å². The Morgan fingerprint density at radius 3 is 2.81 bits per heavy atom. The Morgan fingerprint density at radius 2 is 2.10 bits per heavy atom. The first-order chi connectivity index (χ1) is 10.1. The second-order valence-electron chi connectivity index (χ2n) is 5.94. The summed E-state index contributed by atoms with van der Waals surface area (Å²) in [5, 5.41) is 10.2. The van der Waals surface area contributed by atoms with Crippen molar-refractivity contribution in [2.45, 2.75) is 25.3 Å². The Kier molecular flexibility index (Phi) is 4.36. The van der Waals surface area contributed by atoms with Crippen LogP contribution in [0.4, 0.5) is 0 Å². The van der Waals surface area contributed by atoms with Gasteiger partial charge in [-0.3, -0.25) is 9.69 Å². The second kappa shape index (κ2) is 6.24. The van der Waals surface area contributed by atoms with E-state index in [9.17, 15) is 9.90 Å². The highest BCUT2D eigenvalue weighted by Gasteiger charge is 2.47. The molecule has 21 heavy (non-hydrogen) atoms. The van der Waals surface area contributed by atoms with Gasteiger partial charge < -0.3 is 9.84 Å². The molecule has 1 aliphatic heterocycles. The predicted octanol–water partition coefficient (Wildman–Crippen LogP) is 2.90. The van der Waals surface area contributed by atoms with Crippen molar-refractivity contribution in [1.29, 1.82) is 0 Å². The predicted molar refractivity (Wildman–Crippen MR) is 80.8 cm³/mol. The van der Waals surface area contributed by atoms with Gasteiger partial charge in [-0.25, -0.2) is 0 Å².